The molecule has 0 amide bonds. The molecule has 0 bridgehead atoms. The molecular weight excluding hydrogens is 200 g/mol. The first kappa shape index (κ1) is 13.1. The summed E-state index contributed by atoms with van der Waals surface area (Å²) in [5.74, 6) is 6.32. The number of aromatic nitrogens is 2. The van der Waals surface area contributed by atoms with Gasteiger partial charge in [-0.3, -0.25) is 5.84 Å². The molecule has 90 valence electrons. The summed E-state index contributed by atoms with van der Waals surface area (Å²) in [7, 11) is 0. The number of unbranched alkanes of at least 4 members (excludes halogenated alkanes) is 3. The van der Waals surface area contributed by atoms with Gasteiger partial charge in [-0.15, -0.1) is 0 Å². The smallest absolute Gasteiger partial charge is 0.146 e. The Balaban J connectivity index is 2.44. The number of nitrogens with zero attached hydrogens (tertiary/aromatic N) is 2. The van der Waals surface area contributed by atoms with Crippen molar-refractivity contribution in [2.24, 2.45) is 5.84 Å². The van der Waals surface area contributed by atoms with Crippen LogP contribution in [0.3, 0.4) is 0 Å². The number of aryl methyl sites for hydroxylation is 1. The van der Waals surface area contributed by atoms with Gasteiger partial charge in [0.25, 0.3) is 0 Å². The highest BCUT2D eigenvalue weighted by molar-refractivity contribution is 5.04. The summed E-state index contributed by atoms with van der Waals surface area (Å²) >= 11 is 0. The summed E-state index contributed by atoms with van der Waals surface area (Å²) in [6.07, 6.45) is 9.62. The molecule has 0 aromatic carbocycles. The molecule has 1 heterocycles. The van der Waals surface area contributed by atoms with Crippen molar-refractivity contribution >= 4 is 0 Å². The van der Waals surface area contributed by atoms with Gasteiger partial charge in [-0.25, -0.2) is 15.4 Å². The summed E-state index contributed by atoms with van der Waals surface area (Å²) in [6, 6.07) is 0.0810. The van der Waals surface area contributed by atoms with Crippen LogP contribution in [0.5, 0.6) is 0 Å². The van der Waals surface area contributed by atoms with Crippen molar-refractivity contribution in [2.45, 2.75) is 52.0 Å². The van der Waals surface area contributed by atoms with Crippen LogP contribution in [0.2, 0.25) is 0 Å². The van der Waals surface area contributed by atoms with Crippen molar-refractivity contribution in [3.05, 3.63) is 23.8 Å². The second-order valence-corrected chi connectivity index (χ2v) is 4.19. The summed E-state index contributed by atoms with van der Waals surface area (Å²) in [6.45, 7) is 4.19. The predicted molar refractivity (Wildman–Crippen MR) is 65.6 cm³/mol. The van der Waals surface area contributed by atoms with E-state index in [0.29, 0.717) is 0 Å². The molecule has 0 radical (unpaired) electrons. The fourth-order valence-corrected chi connectivity index (χ4v) is 1.64. The average Bonchev–Trinajstić information content (AvgIpc) is 2.31. The van der Waals surface area contributed by atoms with Gasteiger partial charge in [0.2, 0.25) is 0 Å². The minimum Gasteiger partial charge on any atom is -0.271 e. The molecule has 0 saturated heterocycles. The molecule has 1 rings (SSSR count). The zero-order chi connectivity index (χ0) is 11.8. The van der Waals surface area contributed by atoms with E-state index < -0.39 is 0 Å². The molecule has 1 unspecified atom stereocenters. The maximum atomic E-state index is 5.53. The van der Waals surface area contributed by atoms with E-state index in [0.717, 1.165) is 17.8 Å². The summed E-state index contributed by atoms with van der Waals surface area (Å²) in [4.78, 5) is 8.59. The molecule has 0 aliphatic rings. The molecule has 0 fully saturated rings. The number of hydrogen-bond acceptors (Lipinski definition) is 4. The normalized spacial score (nSPS) is 12.7. The third-order valence-electron chi connectivity index (χ3n) is 2.66. The van der Waals surface area contributed by atoms with Crippen LogP contribution in [-0.4, -0.2) is 9.97 Å². The van der Waals surface area contributed by atoms with Crippen LogP contribution in [0.4, 0.5) is 0 Å². The predicted octanol–water partition coefficient (Wildman–Crippen LogP) is 2.26. The van der Waals surface area contributed by atoms with Crippen molar-refractivity contribution in [1.29, 1.82) is 0 Å². The monoisotopic (exact) mass is 222 g/mol. The highest BCUT2D eigenvalue weighted by Crippen LogP contribution is 2.15. The molecule has 0 spiro atoms. The van der Waals surface area contributed by atoms with Gasteiger partial charge in [-0.2, -0.15) is 0 Å². The molecule has 1 atom stereocenters. The largest absolute Gasteiger partial charge is 0.271 e. The van der Waals surface area contributed by atoms with Crippen LogP contribution in [0.25, 0.3) is 0 Å². The number of rotatable bonds is 7. The number of hydrogen-bond donors (Lipinski definition) is 2. The van der Waals surface area contributed by atoms with Crippen molar-refractivity contribution in [3.8, 4) is 0 Å². The van der Waals surface area contributed by atoms with E-state index in [1.54, 1.807) is 0 Å². The lowest BCUT2D eigenvalue weighted by atomic mass is 10.1. The lowest BCUT2D eigenvalue weighted by molar-refractivity contribution is 0.462. The van der Waals surface area contributed by atoms with E-state index in [1.165, 1.54) is 25.7 Å². The Kier molecular flexibility index (Phi) is 5.96. The van der Waals surface area contributed by atoms with Gasteiger partial charge in [0, 0.05) is 12.4 Å². The zero-order valence-corrected chi connectivity index (χ0v) is 10.2. The van der Waals surface area contributed by atoms with Gasteiger partial charge in [0.05, 0.1) is 6.04 Å². The maximum Gasteiger partial charge on any atom is 0.146 e. The number of nitrogens with one attached hydrogen (secondary N) is 1. The highest BCUT2D eigenvalue weighted by Gasteiger charge is 2.11. The van der Waals surface area contributed by atoms with E-state index in [4.69, 9.17) is 5.84 Å². The standard InChI is InChI=1S/C12H22N4/c1-3-4-5-6-7-11(16-13)12-14-8-10(2)9-15-12/h8-9,11,16H,3-7,13H2,1-2H3. The minimum atomic E-state index is 0.0810. The molecule has 0 aliphatic heterocycles. The molecule has 4 heteroatoms. The van der Waals surface area contributed by atoms with Gasteiger partial charge >= 0.3 is 0 Å². The fourth-order valence-electron chi connectivity index (χ4n) is 1.64. The van der Waals surface area contributed by atoms with Crippen LogP contribution >= 0.6 is 0 Å². The van der Waals surface area contributed by atoms with Crippen LogP contribution in [-0.2, 0) is 0 Å². The molecule has 16 heavy (non-hydrogen) atoms. The molecule has 3 N–H and O–H groups in total. The Morgan fingerprint density at radius 2 is 1.94 bits per heavy atom. The molecule has 1 aromatic rings. The summed E-state index contributed by atoms with van der Waals surface area (Å²) in [5, 5.41) is 0. The Labute approximate surface area is 97.7 Å². The Morgan fingerprint density at radius 1 is 1.25 bits per heavy atom. The van der Waals surface area contributed by atoms with Crippen LogP contribution < -0.4 is 11.3 Å². The SMILES string of the molecule is CCCCCCC(NN)c1ncc(C)cn1. The molecule has 0 aliphatic carbocycles. The quantitative estimate of drug-likeness (QED) is 0.422. The van der Waals surface area contributed by atoms with Gasteiger partial charge in [0.15, 0.2) is 0 Å². The van der Waals surface area contributed by atoms with Gasteiger partial charge in [-0.1, -0.05) is 32.6 Å². The van der Waals surface area contributed by atoms with Crippen LogP contribution in [0, 0.1) is 6.92 Å². The zero-order valence-electron chi connectivity index (χ0n) is 10.2. The van der Waals surface area contributed by atoms with Crippen molar-refractivity contribution < 1.29 is 0 Å². The number of nitrogens with two attached hydrogens (primary N) is 1. The van der Waals surface area contributed by atoms with Gasteiger partial charge < -0.3 is 0 Å². The van der Waals surface area contributed by atoms with Crippen molar-refractivity contribution in [1.82, 2.24) is 15.4 Å². The first-order valence-electron chi connectivity index (χ1n) is 6.02. The highest BCUT2D eigenvalue weighted by atomic mass is 15.2. The summed E-state index contributed by atoms with van der Waals surface area (Å²) in [5.41, 5.74) is 3.86. The minimum absolute atomic E-state index is 0.0810. The van der Waals surface area contributed by atoms with Gasteiger partial charge in [-0.05, 0) is 18.9 Å². The first-order chi connectivity index (χ1) is 7.77. The molecular formula is C12H22N4. The molecule has 0 saturated carbocycles. The van der Waals surface area contributed by atoms with Crippen LogP contribution in [0.1, 0.15) is 56.5 Å². The van der Waals surface area contributed by atoms with E-state index in [-0.39, 0.29) is 6.04 Å². The van der Waals surface area contributed by atoms with Crippen molar-refractivity contribution in [3.63, 3.8) is 0 Å². The average molecular weight is 222 g/mol. The van der Waals surface area contributed by atoms with Crippen LogP contribution in [0.15, 0.2) is 12.4 Å². The lowest BCUT2D eigenvalue weighted by Crippen LogP contribution is -2.29. The van der Waals surface area contributed by atoms with Crippen molar-refractivity contribution in [2.75, 3.05) is 0 Å². The Bertz CT molecular complexity index is 284. The fraction of sp³-hybridized carbons (Fsp3) is 0.667. The van der Waals surface area contributed by atoms with E-state index in [2.05, 4.69) is 22.3 Å². The number of hydrazine groups is 1. The second kappa shape index (κ2) is 7.30. The topological polar surface area (TPSA) is 63.8 Å². The lowest BCUT2D eigenvalue weighted by Gasteiger charge is -2.13. The third kappa shape index (κ3) is 4.24. The van der Waals surface area contributed by atoms with E-state index in [1.807, 2.05) is 19.3 Å². The first-order valence-corrected chi connectivity index (χ1v) is 6.02. The Hall–Kier alpha value is -1.00. The van der Waals surface area contributed by atoms with E-state index >= 15 is 0 Å². The maximum absolute atomic E-state index is 5.53. The van der Waals surface area contributed by atoms with Gasteiger partial charge in [0.1, 0.15) is 5.82 Å². The third-order valence-corrected chi connectivity index (χ3v) is 2.66. The Morgan fingerprint density at radius 3 is 2.50 bits per heavy atom. The van der Waals surface area contributed by atoms with E-state index in [9.17, 15) is 0 Å². The second-order valence-electron chi connectivity index (χ2n) is 4.19. The molecule has 4 nitrogen and oxygen atoms in total. The molecule has 1 aromatic heterocycles. The summed E-state index contributed by atoms with van der Waals surface area (Å²) < 4.78 is 0.